The van der Waals surface area contributed by atoms with E-state index in [4.69, 9.17) is 0 Å². The maximum absolute atomic E-state index is 12.5. The molecule has 35 heavy (non-hydrogen) atoms. The topological polar surface area (TPSA) is 90.7 Å². The Labute approximate surface area is 205 Å². The Morgan fingerprint density at radius 1 is 1.06 bits per heavy atom. The minimum Gasteiger partial charge on any atom is -0.465 e. The smallest absolute Gasteiger partial charge is 0.407 e. The van der Waals surface area contributed by atoms with Crippen molar-refractivity contribution in [2.45, 2.75) is 51.6 Å². The second kappa shape index (κ2) is 9.44. The van der Waals surface area contributed by atoms with Crippen molar-refractivity contribution in [1.82, 2.24) is 14.7 Å². The maximum Gasteiger partial charge on any atom is 0.407 e. The molecule has 0 aliphatic carbocycles. The molecule has 2 aliphatic rings. The predicted octanol–water partition coefficient (Wildman–Crippen LogP) is 5.30. The highest BCUT2D eigenvalue weighted by molar-refractivity contribution is 5.97. The highest BCUT2D eigenvalue weighted by Crippen LogP contribution is 2.43. The molecule has 8 nitrogen and oxygen atoms in total. The van der Waals surface area contributed by atoms with E-state index in [-0.39, 0.29) is 18.0 Å². The number of amides is 2. The summed E-state index contributed by atoms with van der Waals surface area (Å²) in [4.78, 5) is 27.1. The summed E-state index contributed by atoms with van der Waals surface area (Å²) in [5.41, 5.74) is 6.14. The summed E-state index contributed by atoms with van der Waals surface area (Å²) in [5, 5.41) is 17.5. The first-order valence-electron chi connectivity index (χ1n) is 12.2. The van der Waals surface area contributed by atoms with E-state index in [1.807, 2.05) is 46.1 Å². The largest absolute Gasteiger partial charge is 0.465 e. The average Bonchev–Trinajstić information content (AvgIpc) is 3.34. The first-order valence-corrected chi connectivity index (χ1v) is 12.2. The van der Waals surface area contributed by atoms with Crippen LogP contribution < -0.4 is 10.2 Å². The van der Waals surface area contributed by atoms with Crippen LogP contribution in [0.5, 0.6) is 0 Å². The molecule has 2 N–H and O–H groups in total. The molecule has 1 aromatic heterocycles. The molecule has 3 aromatic rings. The van der Waals surface area contributed by atoms with Crippen molar-refractivity contribution in [3.05, 3.63) is 60.4 Å². The third-order valence-corrected chi connectivity index (χ3v) is 7.20. The summed E-state index contributed by atoms with van der Waals surface area (Å²) < 4.78 is 1.98. The lowest BCUT2D eigenvalue weighted by atomic mass is 9.91. The molecule has 2 amide bonds. The summed E-state index contributed by atoms with van der Waals surface area (Å²) in [6.07, 6.45) is 6.37. The number of likely N-dealkylation sites (tertiary alicyclic amines) is 1. The van der Waals surface area contributed by atoms with Crippen LogP contribution in [0.25, 0.3) is 11.1 Å². The van der Waals surface area contributed by atoms with Crippen LogP contribution in [0.1, 0.15) is 44.7 Å². The zero-order valence-electron chi connectivity index (χ0n) is 20.1. The quantitative estimate of drug-likeness (QED) is 0.537. The molecule has 8 heteroatoms. The van der Waals surface area contributed by atoms with Gasteiger partial charge in [0.2, 0.25) is 5.91 Å². The van der Waals surface area contributed by atoms with Crippen LogP contribution in [0, 0.1) is 0 Å². The van der Waals surface area contributed by atoms with Gasteiger partial charge in [-0.1, -0.05) is 24.3 Å². The van der Waals surface area contributed by atoms with Crippen LogP contribution in [-0.4, -0.2) is 50.9 Å². The number of carboxylic acid groups (broad SMARTS) is 1. The first-order chi connectivity index (χ1) is 16.9. The summed E-state index contributed by atoms with van der Waals surface area (Å²) >= 11 is 0. The van der Waals surface area contributed by atoms with Crippen molar-refractivity contribution in [3.8, 4) is 11.1 Å². The van der Waals surface area contributed by atoms with Crippen molar-refractivity contribution < 1.29 is 14.7 Å². The van der Waals surface area contributed by atoms with Gasteiger partial charge in [0, 0.05) is 60.3 Å². The lowest BCUT2D eigenvalue weighted by Crippen LogP contribution is -2.40. The van der Waals surface area contributed by atoms with Gasteiger partial charge in [0.25, 0.3) is 0 Å². The second-order valence-corrected chi connectivity index (χ2v) is 9.46. The minimum absolute atomic E-state index is 0.0531. The van der Waals surface area contributed by atoms with Crippen LogP contribution in [0.15, 0.2) is 54.9 Å². The lowest BCUT2D eigenvalue weighted by Gasteiger charge is -2.36. The zero-order chi connectivity index (χ0) is 24.5. The van der Waals surface area contributed by atoms with E-state index in [1.165, 1.54) is 4.90 Å². The molecule has 1 atom stereocenters. The molecule has 1 saturated heterocycles. The molecule has 2 aromatic carbocycles. The standard InChI is InChI=1S/C27H31N5O3/c1-18-8-9-24-25(32(18)19(2)33)11-10-23(26(24)29-21-6-4-3-5-7-21)20-16-28-31(17-20)22-12-14-30(15-13-22)27(34)35/h3-7,10-11,16-18,22,29H,8-9,12-15H2,1-2H3,(H,34,35)/t18-/m0/s1. The van der Waals surface area contributed by atoms with Crippen LogP contribution >= 0.6 is 0 Å². The molecule has 1 fully saturated rings. The molecule has 2 aliphatic heterocycles. The molecule has 0 unspecified atom stereocenters. The normalized spacial score (nSPS) is 18.3. The number of benzene rings is 2. The number of nitrogens with zero attached hydrogens (tertiary/aromatic N) is 4. The zero-order valence-corrected chi connectivity index (χ0v) is 20.1. The summed E-state index contributed by atoms with van der Waals surface area (Å²) in [7, 11) is 0. The van der Waals surface area contributed by atoms with Gasteiger partial charge < -0.3 is 20.2 Å². The Balaban J connectivity index is 1.52. The van der Waals surface area contributed by atoms with E-state index >= 15 is 0 Å². The van der Waals surface area contributed by atoms with E-state index in [0.717, 1.165) is 59.4 Å². The Kier molecular flexibility index (Phi) is 6.19. The fourth-order valence-corrected chi connectivity index (χ4v) is 5.36. The highest BCUT2D eigenvalue weighted by atomic mass is 16.4. The third kappa shape index (κ3) is 4.48. The third-order valence-electron chi connectivity index (χ3n) is 7.20. The van der Waals surface area contributed by atoms with Gasteiger partial charge in [-0.2, -0.15) is 5.10 Å². The van der Waals surface area contributed by atoms with Gasteiger partial charge in [-0.3, -0.25) is 9.48 Å². The van der Waals surface area contributed by atoms with Crippen LogP contribution in [0.4, 0.5) is 21.9 Å². The number of carbonyl (C=O) groups excluding carboxylic acids is 1. The van der Waals surface area contributed by atoms with E-state index in [0.29, 0.717) is 13.1 Å². The first kappa shape index (κ1) is 23.0. The number of rotatable bonds is 4. The van der Waals surface area contributed by atoms with E-state index in [2.05, 4.69) is 35.7 Å². The number of anilines is 3. The van der Waals surface area contributed by atoms with Crippen molar-refractivity contribution in [1.29, 1.82) is 0 Å². The van der Waals surface area contributed by atoms with Gasteiger partial charge in [-0.15, -0.1) is 0 Å². The van der Waals surface area contributed by atoms with E-state index in [9.17, 15) is 14.7 Å². The molecular formula is C27H31N5O3. The molecular weight excluding hydrogens is 442 g/mol. The van der Waals surface area contributed by atoms with Crippen LogP contribution in [0.3, 0.4) is 0 Å². The van der Waals surface area contributed by atoms with E-state index < -0.39 is 6.09 Å². The van der Waals surface area contributed by atoms with Gasteiger partial charge >= 0.3 is 6.09 Å². The monoisotopic (exact) mass is 473 g/mol. The Bertz CT molecular complexity index is 1230. The van der Waals surface area contributed by atoms with Crippen molar-refractivity contribution in [2.24, 2.45) is 0 Å². The molecule has 0 spiro atoms. The van der Waals surface area contributed by atoms with Gasteiger partial charge in [-0.05, 0) is 50.8 Å². The van der Waals surface area contributed by atoms with Crippen molar-refractivity contribution >= 4 is 29.1 Å². The Morgan fingerprint density at radius 3 is 2.49 bits per heavy atom. The fraction of sp³-hybridized carbons (Fsp3) is 0.370. The van der Waals surface area contributed by atoms with Gasteiger partial charge in [-0.25, -0.2) is 4.79 Å². The summed E-state index contributed by atoms with van der Waals surface area (Å²) in [6.45, 7) is 4.77. The number of hydrogen-bond acceptors (Lipinski definition) is 4. The predicted molar refractivity (Wildman–Crippen MR) is 136 cm³/mol. The minimum atomic E-state index is -0.857. The molecule has 0 bridgehead atoms. The Morgan fingerprint density at radius 2 is 1.80 bits per heavy atom. The van der Waals surface area contributed by atoms with Crippen LogP contribution in [0.2, 0.25) is 0 Å². The second-order valence-electron chi connectivity index (χ2n) is 9.46. The lowest BCUT2D eigenvalue weighted by molar-refractivity contribution is -0.117. The van der Waals surface area contributed by atoms with Gasteiger partial charge in [0.15, 0.2) is 0 Å². The molecule has 182 valence electrons. The molecule has 0 radical (unpaired) electrons. The number of piperidine rings is 1. The molecule has 3 heterocycles. The summed E-state index contributed by atoms with van der Waals surface area (Å²) in [6, 6.07) is 14.5. The number of carbonyl (C=O) groups is 2. The number of nitrogens with one attached hydrogen (secondary N) is 1. The highest BCUT2D eigenvalue weighted by Gasteiger charge is 2.30. The summed E-state index contributed by atoms with van der Waals surface area (Å²) in [5.74, 6) is 0.0531. The number of hydrogen-bond donors (Lipinski definition) is 2. The maximum atomic E-state index is 12.5. The van der Waals surface area contributed by atoms with Crippen molar-refractivity contribution in [3.63, 3.8) is 0 Å². The molecule has 5 rings (SSSR count). The molecule has 0 saturated carbocycles. The number of para-hydroxylation sites is 1. The van der Waals surface area contributed by atoms with Crippen LogP contribution in [-0.2, 0) is 11.2 Å². The van der Waals surface area contributed by atoms with Gasteiger partial charge in [0.1, 0.15) is 0 Å². The van der Waals surface area contributed by atoms with Gasteiger partial charge in [0.05, 0.1) is 17.9 Å². The average molecular weight is 474 g/mol. The number of aromatic nitrogens is 2. The fourth-order valence-electron chi connectivity index (χ4n) is 5.36. The van der Waals surface area contributed by atoms with E-state index in [1.54, 1.807) is 6.92 Å². The number of fused-ring (bicyclic) bond motifs is 1. The Hall–Kier alpha value is -3.81. The SMILES string of the molecule is CC(=O)N1c2ccc(-c3cnn(C4CCN(C(=O)O)CC4)c3)c(Nc3ccccc3)c2CC[C@@H]1C. The van der Waals surface area contributed by atoms with Crippen molar-refractivity contribution in [2.75, 3.05) is 23.3 Å².